The second kappa shape index (κ2) is 4.07. The second-order valence-corrected chi connectivity index (χ2v) is 4.95. The first-order valence-electron chi connectivity index (χ1n) is 4.41. The molecule has 0 aromatic heterocycles. The summed E-state index contributed by atoms with van der Waals surface area (Å²) in [5, 5.41) is 0. The summed E-state index contributed by atoms with van der Waals surface area (Å²) in [4.78, 5) is 11.0. The van der Waals surface area contributed by atoms with Crippen molar-refractivity contribution in [2.24, 2.45) is 0 Å². The molecule has 1 rings (SSSR count). The Labute approximate surface area is 78.5 Å². The van der Waals surface area contributed by atoms with Crippen molar-refractivity contribution in [3.63, 3.8) is 0 Å². The third-order valence-corrected chi connectivity index (χ3v) is 3.22. The van der Waals surface area contributed by atoms with Crippen molar-refractivity contribution in [1.29, 1.82) is 0 Å². The van der Waals surface area contributed by atoms with Gasteiger partial charge in [-0.25, -0.2) is 0 Å². The summed E-state index contributed by atoms with van der Waals surface area (Å²) < 4.78 is 20.8. The summed E-state index contributed by atoms with van der Waals surface area (Å²) in [7, 11) is -2.07. The van der Waals surface area contributed by atoms with Crippen molar-refractivity contribution in [2.75, 3.05) is 33.5 Å². The lowest BCUT2D eigenvalue weighted by Crippen LogP contribution is -2.55. The number of nitrogens with zero attached hydrogens (tertiary/aromatic N) is 1. The molecule has 1 unspecified atom stereocenters. The molecule has 1 aliphatic heterocycles. The largest absolute Gasteiger partial charge is 0.756 e. The van der Waals surface area contributed by atoms with E-state index in [0.29, 0.717) is 4.48 Å². The van der Waals surface area contributed by atoms with Gasteiger partial charge in [-0.05, 0) is 6.92 Å². The molecule has 1 fully saturated rings. The Kier molecular flexibility index (Phi) is 3.49. The number of likely N-dealkylation sites (tertiary alicyclic amines) is 1. The standard InChI is InChI=1S/C7H16NO4P/c1-3-11-13(9,10)12-7-8(2)5-4-6-8/h3-7H2,1-2H3. The molecular weight excluding hydrogens is 193 g/mol. The van der Waals surface area contributed by atoms with Gasteiger partial charge in [0.25, 0.3) is 7.82 Å². The van der Waals surface area contributed by atoms with Gasteiger partial charge in [0.1, 0.15) is 0 Å². The van der Waals surface area contributed by atoms with E-state index in [-0.39, 0.29) is 13.3 Å². The maximum atomic E-state index is 11.0. The zero-order valence-corrected chi connectivity index (χ0v) is 8.96. The van der Waals surface area contributed by atoms with Gasteiger partial charge in [0, 0.05) is 6.42 Å². The van der Waals surface area contributed by atoms with E-state index < -0.39 is 7.82 Å². The molecule has 1 aliphatic rings. The lowest BCUT2D eigenvalue weighted by atomic mass is 10.2. The molecular formula is C7H16NO4P. The van der Waals surface area contributed by atoms with Crippen LogP contribution in [0.3, 0.4) is 0 Å². The molecule has 6 heteroatoms. The fourth-order valence-electron chi connectivity index (χ4n) is 1.23. The Morgan fingerprint density at radius 3 is 2.46 bits per heavy atom. The summed E-state index contributed by atoms with van der Waals surface area (Å²) in [6.07, 6.45) is 1.14. The van der Waals surface area contributed by atoms with Crippen molar-refractivity contribution < 1.29 is 23.0 Å². The molecule has 1 heterocycles. The average molecular weight is 209 g/mol. The summed E-state index contributed by atoms with van der Waals surface area (Å²) >= 11 is 0. The van der Waals surface area contributed by atoms with Gasteiger partial charge in [0.15, 0.2) is 6.73 Å². The Morgan fingerprint density at radius 2 is 2.08 bits per heavy atom. The van der Waals surface area contributed by atoms with Gasteiger partial charge in [-0.1, -0.05) is 0 Å². The summed E-state index contributed by atoms with van der Waals surface area (Å²) in [5.74, 6) is 0. The summed E-state index contributed by atoms with van der Waals surface area (Å²) in [5.41, 5.74) is 0. The minimum Gasteiger partial charge on any atom is -0.756 e. The molecule has 0 spiro atoms. The molecule has 0 aliphatic carbocycles. The molecule has 5 nitrogen and oxygen atoms in total. The van der Waals surface area contributed by atoms with E-state index in [1.165, 1.54) is 0 Å². The van der Waals surface area contributed by atoms with Crippen molar-refractivity contribution in [1.82, 2.24) is 0 Å². The zero-order valence-electron chi connectivity index (χ0n) is 8.06. The Bertz CT molecular complexity index is 217. The number of phosphoric acid groups is 1. The number of hydrogen-bond acceptors (Lipinski definition) is 4. The van der Waals surface area contributed by atoms with Gasteiger partial charge in [0.05, 0.1) is 26.7 Å². The van der Waals surface area contributed by atoms with E-state index in [2.05, 4.69) is 4.52 Å². The molecule has 78 valence electrons. The van der Waals surface area contributed by atoms with E-state index in [9.17, 15) is 9.46 Å². The van der Waals surface area contributed by atoms with E-state index >= 15 is 0 Å². The van der Waals surface area contributed by atoms with Crippen molar-refractivity contribution in [3.8, 4) is 0 Å². The normalized spacial score (nSPS) is 24.8. The predicted molar refractivity (Wildman–Crippen MR) is 45.7 cm³/mol. The number of rotatable bonds is 5. The monoisotopic (exact) mass is 209 g/mol. The molecule has 0 saturated carbocycles. The van der Waals surface area contributed by atoms with Crippen LogP contribution in [-0.2, 0) is 13.6 Å². The second-order valence-electron chi connectivity index (χ2n) is 3.54. The van der Waals surface area contributed by atoms with Crippen molar-refractivity contribution >= 4 is 7.82 Å². The lowest BCUT2D eigenvalue weighted by Gasteiger charge is -2.42. The molecule has 0 aromatic rings. The number of quaternary nitrogens is 1. The molecule has 0 bridgehead atoms. The highest BCUT2D eigenvalue weighted by molar-refractivity contribution is 7.45. The Hall–Kier alpha value is 0.0700. The minimum atomic E-state index is -4.03. The predicted octanol–water partition coefficient (Wildman–Crippen LogP) is 0.316. The molecule has 1 saturated heterocycles. The molecule has 13 heavy (non-hydrogen) atoms. The maximum absolute atomic E-state index is 11.0. The van der Waals surface area contributed by atoms with Gasteiger partial charge in [-0.3, -0.25) is 9.09 Å². The van der Waals surface area contributed by atoms with Gasteiger partial charge >= 0.3 is 0 Å². The fourth-order valence-corrected chi connectivity index (χ4v) is 2.04. The van der Waals surface area contributed by atoms with Crippen molar-refractivity contribution in [2.45, 2.75) is 13.3 Å². The Morgan fingerprint density at radius 1 is 1.46 bits per heavy atom. The average Bonchev–Trinajstić information content (AvgIpc) is 1.97. The van der Waals surface area contributed by atoms with Crippen LogP contribution >= 0.6 is 7.82 Å². The first-order chi connectivity index (χ1) is 5.97. The Balaban J connectivity index is 2.28. The lowest BCUT2D eigenvalue weighted by molar-refractivity contribution is -0.960. The quantitative estimate of drug-likeness (QED) is 0.483. The van der Waals surface area contributed by atoms with E-state index in [0.717, 1.165) is 19.5 Å². The molecule has 0 radical (unpaired) electrons. The maximum Gasteiger partial charge on any atom is 0.272 e. The van der Waals surface area contributed by atoms with E-state index in [1.807, 2.05) is 7.05 Å². The number of phosphoric ester groups is 1. The highest BCUT2D eigenvalue weighted by Gasteiger charge is 2.31. The van der Waals surface area contributed by atoms with E-state index in [4.69, 9.17) is 4.52 Å². The van der Waals surface area contributed by atoms with Gasteiger partial charge < -0.3 is 13.9 Å². The van der Waals surface area contributed by atoms with Crippen LogP contribution in [0.2, 0.25) is 0 Å². The third kappa shape index (κ3) is 3.37. The van der Waals surface area contributed by atoms with Crippen LogP contribution in [0.5, 0.6) is 0 Å². The molecule has 0 N–H and O–H groups in total. The van der Waals surface area contributed by atoms with Crippen LogP contribution in [0.1, 0.15) is 13.3 Å². The van der Waals surface area contributed by atoms with Crippen LogP contribution in [0.15, 0.2) is 0 Å². The summed E-state index contributed by atoms with van der Waals surface area (Å²) in [6.45, 7) is 3.90. The molecule has 1 atom stereocenters. The van der Waals surface area contributed by atoms with Gasteiger partial charge in [-0.2, -0.15) is 0 Å². The van der Waals surface area contributed by atoms with Crippen molar-refractivity contribution in [3.05, 3.63) is 0 Å². The minimum absolute atomic E-state index is 0.129. The zero-order chi connectivity index (χ0) is 9.95. The fraction of sp³-hybridized carbons (Fsp3) is 1.00. The molecule has 0 aromatic carbocycles. The smallest absolute Gasteiger partial charge is 0.272 e. The SMILES string of the molecule is CCOP(=O)([O-])OC[N+]1(C)CCC1. The van der Waals surface area contributed by atoms with Crippen LogP contribution in [-0.4, -0.2) is 38.0 Å². The first-order valence-corrected chi connectivity index (χ1v) is 5.87. The summed E-state index contributed by atoms with van der Waals surface area (Å²) in [6, 6.07) is 0. The first kappa shape index (κ1) is 11.1. The van der Waals surface area contributed by atoms with Crippen LogP contribution < -0.4 is 4.89 Å². The van der Waals surface area contributed by atoms with Gasteiger partial charge in [-0.15, -0.1) is 0 Å². The molecule has 0 amide bonds. The number of hydrogen-bond donors (Lipinski definition) is 0. The third-order valence-electron chi connectivity index (χ3n) is 2.21. The van der Waals surface area contributed by atoms with Crippen LogP contribution in [0.4, 0.5) is 0 Å². The highest BCUT2D eigenvalue weighted by Crippen LogP contribution is 2.39. The topological polar surface area (TPSA) is 58.6 Å². The van der Waals surface area contributed by atoms with Crippen LogP contribution in [0.25, 0.3) is 0 Å². The van der Waals surface area contributed by atoms with Gasteiger partial charge in [0.2, 0.25) is 0 Å². The van der Waals surface area contributed by atoms with Crippen LogP contribution in [0, 0.1) is 0 Å². The highest BCUT2D eigenvalue weighted by atomic mass is 31.2. The van der Waals surface area contributed by atoms with E-state index in [1.54, 1.807) is 6.92 Å².